The number of hydrogen-bond acceptors (Lipinski definition) is 2. The van der Waals surface area contributed by atoms with Crippen molar-refractivity contribution in [3.63, 3.8) is 0 Å². The van der Waals surface area contributed by atoms with Gasteiger partial charge in [0.15, 0.2) is 5.43 Å². The summed E-state index contributed by atoms with van der Waals surface area (Å²) in [7, 11) is 0. The molecule has 1 atom stereocenters. The minimum atomic E-state index is -0.307. The minimum Gasteiger partial charge on any atom is -0.364 e. The fourth-order valence-corrected chi connectivity index (χ4v) is 1.34. The molecule has 0 aliphatic rings. The van der Waals surface area contributed by atoms with Crippen LogP contribution in [-0.4, -0.2) is 17.4 Å². The van der Waals surface area contributed by atoms with Crippen molar-refractivity contribution in [1.29, 1.82) is 0 Å². The van der Waals surface area contributed by atoms with Gasteiger partial charge >= 0.3 is 0 Å². The molecule has 0 aromatic carbocycles. The zero-order chi connectivity index (χ0) is 13.0. The molecule has 4 nitrogen and oxygen atoms in total. The van der Waals surface area contributed by atoms with Gasteiger partial charge in [-0.25, -0.2) is 0 Å². The number of amides is 1. The molecule has 0 fully saturated rings. The summed E-state index contributed by atoms with van der Waals surface area (Å²) in [5.41, 5.74) is 0.685. The second-order valence-electron chi connectivity index (χ2n) is 4.83. The Morgan fingerprint density at radius 1 is 1.41 bits per heavy atom. The van der Waals surface area contributed by atoms with E-state index in [-0.39, 0.29) is 16.9 Å². The van der Waals surface area contributed by atoms with E-state index in [0.29, 0.717) is 18.4 Å². The molecule has 1 amide bonds. The highest BCUT2D eigenvalue weighted by molar-refractivity contribution is 5.93. The molecule has 1 rings (SSSR count). The summed E-state index contributed by atoms with van der Waals surface area (Å²) in [4.78, 5) is 26.2. The maximum absolute atomic E-state index is 11.8. The van der Waals surface area contributed by atoms with Crippen LogP contribution >= 0.6 is 0 Å². The molecule has 0 aliphatic carbocycles. The first kappa shape index (κ1) is 13.5. The average molecular weight is 236 g/mol. The molecule has 1 aromatic rings. The third-order valence-electron chi connectivity index (χ3n) is 3.02. The summed E-state index contributed by atoms with van der Waals surface area (Å²) in [5.74, 6) is 0.592. The first-order valence-electron chi connectivity index (χ1n) is 5.89. The lowest BCUT2D eigenvalue weighted by Gasteiger charge is -2.15. The molecule has 4 heteroatoms. The van der Waals surface area contributed by atoms with E-state index >= 15 is 0 Å². The van der Waals surface area contributed by atoms with Crippen LogP contribution in [0.25, 0.3) is 0 Å². The van der Waals surface area contributed by atoms with Crippen molar-refractivity contribution in [2.45, 2.75) is 27.7 Å². The van der Waals surface area contributed by atoms with Crippen molar-refractivity contribution in [2.75, 3.05) is 6.54 Å². The van der Waals surface area contributed by atoms with Gasteiger partial charge in [-0.15, -0.1) is 0 Å². The van der Waals surface area contributed by atoms with Gasteiger partial charge in [-0.1, -0.05) is 20.8 Å². The summed E-state index contributed by atoms with van der Waals surface area (Å²) in [6.45, 7) is 8.66. The highest BCUT2D eigenvalue weighted by atomic mass is 16.2. The maximum Gasteiger partial charge on any atom is 0.256 e. The van der Waals surface area contributed by atoms with Crippen LogP contribution in [0, 0.1) is 18.8 Å². The Morgan fingerprint density at radius 3 is 2.59 bits per heavy atom. The summed E-state index contributed by atoms with van der Waals surface area (Å²) in [6, 6.07) is 1.43. The Kier molecular flexibility index (Phi) is 4.49. The summed E-state index contributed by atoms with van der Waals surface area (Å²) in [6.07, 6.45) is 1.47. The van der Waals surface area contributed by atoms with E-state index in [9.17, 15) is 9.59 Å². The van der Waals surface area contributed by atoms with Gasteiger partial charge in [-0.3, -0.25) is 9.59 Å². The number of hydrogen-bond donors (Lipinski definition) is 2. The van der Waals surface area contributed by atoms with Crippen molar-refractivity contribution >= 4 is 5.91 Å². The fraction of sp³-hybridized carbons (Fsp3) is 0.538. The van der Waals surface area contributed by atoms with Crippen LogP contribution < -0.4 is 10.7 Å². The predicted octanol–water partition coefficient (Wildman–Crippen LogP) is 1.71. The summed E-state index contributed by atoms with van der Waals surface area (Å²) in [5, 5.41) is 2.78. The van der Waals surface area contributed by atoms with E-state index in [1.54, 1.807) is 6.92 Å². The maximum atomic E-state index is 11.8. The Labute approximate surface area is 101 Å². The molecule has 0 spiro atoms. The largest absolute Gasteiger partial charge is 0.364 e. The summed E-state index contributed by atoms with van der Waals surface area (Å²) < 4.78 is 0. The van der Waals surface area contributed by atoms with Crippen molar-refractivity contribution in [3.8, 4) is 0 Å². The highest BCUT2D eigenvalue weighted by Crippen LogP contribution is 2.07. The van der Waals surface area contributed by atoms with E-state index < -0.39 is 0 Å². The Morgan fingerprint density at radius 2 is 2.06 bits per heavy atom. The van der Waals surface area contributed by atoms with Crippen LogP contribution in [0.4, 0.5) is 0 Å². The first-order chi connectivity index (χ1) is 7.91. The fourth-order valence-electron chi connectivity index (χ4n) is 1.34. The normalized spacial score (nSPS) is 12.5. The van der Waals surface area contributed by atoms with E-state index in [2.05, 4.69) is 31.1 Å². The van der Waals surface area contributed by atoms with Crippen LogP contribution in [0.3, 0.4) is 0 Å². The molecular weight excluding hydrogens is 216 g/mol. The highest BCUT2D eigenvalue weighted by Gasteiger charge is 2.12. The molecule has 17 heavy (non-hydrogen) atoms. The van der Waals surface area contributed by atoms with Crippen molar-refractivity contribution in [2.24, 2.45) is 11.8 Å². The van der Waals surface area contributed by atoms with E-state index in [4.69, 9.17) is 0 Å². The second-order valence-corrected chi connectivity index (χ2v) is 4.83. The molecule has 94 valence electrons. The number of carbonyl (C=O) groups excluding carboxylic acids is 1. The number of nitrogens with one attached hydrogen (secondary N) is 2. The average Bonchev–Trinajstić information content (AvgIpc) is 2.25. The van der Waals surface area contributed by atoms with E-state index in [0.717, 1.165) is 5.69 Å². The monoisotopic (exact) mass is 236 g/mol. The number of aromatic nitrogens is 1. The van der Waals surface area contributed by atoms with Crippen LogP contribution in [0.15, 0.2) is 17.1 Å². The van der Waals surface area contributed by atoms with Gasteiger partial charge in [0.25, 0.3) is 5.91 Å². The Bertz CT molecular complexity index is 449. The molecule has 0 bridgehead atoms. The van der Waals surface area contributed by atoms with Crippen LogP contribution in [0.5, 0.6) is 0 Å². The lowest BCUT2D eigenvalue weighted by molar-refractivity contribution is 0.0943. The van der Waals surface area contributed by atoms with Crippen molar-refractivity contribution in [1.82, 2.24) is 10.3 Å². The predicted molar refractivity (Wildman–Crippen MR) is 68.1 cm³/mol. The lowest BCUT2D eigenvalue weighted by Crippen LogP contribution is -2.33. The number of carbonyl (C=O) groups is 1. The molecule has 0 radical (unpaired) electrons. The molecule has 0 aliphatic heterocycles. The van der Waals surface area contributed by atoms with Gasteiger partial charge in [0.1, 0.15) is 5.56 Å². The Balaban J connectivity index is 2.68. The zero-order valence-electron chi connectivity index (χ0n) is 10.8. The minimum absolute atomic E-state index is 0.173. The number of H-pyrrole nitrogens is 1. The van der Waals surface area contributed by atoms with Gasteiger partial charge in [-0.05, 0) is 18.8 Å². The lowest BCUT2D eigenvalue weighted by atomic mass is 9.98. The molecular formula is C13H20N2O2. The molecule has 1 unspecified atom stereocenters. The van der Waals surface area contributed by atoms with E-state index in [1.807, 2.05) is 0 Å². The van der Waals surface area contributed by atoms with E-state index in [1.165, 1.54) is 12.3 Å². The Hall–Kier alpha value is -1.58. The molecule has 0 saturated heterocycles. The third kappa shape index (κ3) is 3.73. The quantitative estimate of drug-likeness (QED) is 0.836. The van der Waals surface area contributed by atoms with Crippen LogP contribution in [0.2, 0.25) is 0 Å². The SMILES string of the molecule is Cc1cc(=O)c(C(=O)NCC(C)C(C)C)c[nH]1. The number of aryl methyl sites for hydroxylation is 1. The van der Waals surface area contributed by atoms with Gasteiger partial charge in [0, 0.05) is 24.5 Å². The van der Waals surface area contributed by atoms with Gasteiger partial charge in [0.05, 0.1) is 0 Å². The van der Waals surface area contributed by atoms with Gasteiger partial charge in [-0.2, -0.15) is 0 Å². The first-order valence-corrected chi connectivity index (χ1v) is 5.89. The van der Waals surface area contributed by atoms with Gasteiger partial charge < -0.3 is 10.3 Å². The summed E-state index contributed by atoms with van der Waals surface area (Å²) >= 11 is 0. The number of pyridine rings is 1. The molecule has 1 heterocycles. The topological polar surface area (TPSA) is 62.0 Å². The number of aromatic amines is 1. The zero-order valence-corrected chi connectivity index (χ0v) is 10.8. The smallest absolute Gasteiger partial charge is 0.256 e. The van der Waals surface area contributed by atoms with Crippen LogP contribution in [-0.2, 0) is 0 Å². The second kappa shape index (κ2) is 5.66. The molecule has 2 N–H and O–H groups in total. The number of rotatable bonds is 4. The molecule has 0 saturated carbocycles. The molecule has 1 aromatic heterocycles. The van der Waals surface area contributed by atoms with Crippen LogP contribution in [0.1, 0.15) is 36.8 Å². The van der Waals surface area contributed by atoms with Gasteiger partial charge in [0.2, 0.25) is 0 Å². The van der Waals surface area contributed by atoms with Crippen molar-refractivity contribution in [3.05, 3.63) is 33.7 Å². The van der Waals surface area contributed by atoms with Crippen molar-refractivity contribution < 1.29 is 4.79 Å². The standard InChI is InChI=1S/C13H20N2O2/c1-8(2)9(3)6-15-13(17)11-7-14-10(4)5-12(11)16/h5,7-9H,6H2,1-4H3,(H,14,16)(H,15,17). The third-order valence-corrected chi connectivity index (χ3v) is 3.02.